The van der Waals surface area contributed by atoms with Crippen LogP contribution in [0.4, 0.5) is 5.69 Å². The van der Waals surface area contributed by atoms with Crippen molar-refractivity contribution in [3.05, 3.63) is 59.4 Å². The first-order valence-corrected chi connectivity index (χ1v) is 6.31. The van der Waals surface area contributed by atoms with E-state index >= 15 is 0 Å². The van der Waals surface area contributed by atoms with Gasteiger partial charge >= 0.3 is 0 Å². The molecule has 1 heterocycles. The van der Waals surface area contributed by atoms with E-state index in [1.807, 2.05) is 12.1 Å². The van der Waals surface area contributed by atoms with Gasteiger partial charge in [-0.1, -0.05) is 24.3 Å². The molecule has 4 nitrogen and oxygen atoms in total. The van der Waals surface area contributed by atoms with Gasteiger partial charge in [-0.05, 0) is 23.6 Å². The Morgan fingerprint density at radius 1 is 1.37 bits per heavy atom. The minimum atomic E-state index is -0.157. The van der Waals surface area contributed by atoms with Gasteiger partial charge in [0.15, 0.2) is 0 Å². The van der Waals surface area contributed by atoms with Gasteiger partial charge in [-0.2, -0.15) is 0 Å². The normalized spacial score (nSPS) is 16.3. The summed E-state index contributed by atoms with van der Waals surface area (Å²) in [4.78, 5) is 15.9. The van der Waals surface area contributed by atoms with Gasteiger partial charge in [0.25, 0.3) is 5.91 Å². The highest BCUT2D eigenvalue weighted by Gasteiger charge is 2.25. The van der Waals surface area contributed by atoms with Crippen LogP contribution in [0.25, 0.3) is 0 Å². The molecule has 1 aromatic heterocycles. The molecule has 0 spiro atoms. The van der Waals surface area contributed by atoms with E-state index in [9.17, 15) is 4.79 Å². The average Bonchev–Trinajstić information content (AvgIpc) is 2.40. The summed E-state index contributed by atoms with van der Waals surface area (Å²) in [6.45, 7) is 0.643. The van der Waals surface area contributed by atoms with Crippen molar-refractivity contribution in [1.82, 2.24) is 10.3 Å². The van der Waals surface area contributed by atoms with Crippen LogP contribution in [0.1, 0.15) is 27.4 Å². The molecule has 19 heavy (non-hydrogen) atoms. The van der Waals surface area contributed by atoms with Crippen LogP contribution in [0.15, 0.2) is 42.7 Å². The first-order chi connectivity index (χ1) is 9.25. The van der Waals surface area contributed by atoms with E-state index in [0.717, 1.165) is 6.42 Å². The van der Waals surface area contributed by atoms with E-state index in [0.29, 0.717) is 23.7 Å². The molecule has 0 saturated carbocycles. The largest absolute Gasteiger partial charge is 0.398 e. The second-order valence-electron chi connectivity index (χ2n) is 4.77. The maximum atomic E-state index is 12.0. The highest BCUT2D eigenvalue weighted by molar-refractivity contribution is 5.98. The van der Waals surface area contributed by atoms with E-state index < -0.39 is 0 Å². The quantitative estimate of drug-likeness (QED) is 0.875. The lowest BCUT2D eigenvalue weighted by molar-refractivity contribution is 0.0950. The number of nitrogen functional groups attached to an aromatic ring is 1. The maximum absolute atomic E-state index is 12.0. The van der Waals surface area contributed by atoms with Crippen molar-refractivity contribution in [3.63, 3.8) is 0 Å². The second kappa shape index (κ2) is 4.72. The summed E-state index contributed by atoms with van der Waals surface area (Å²) in [5, 5.41) is 2.92. The summed E-state index contributed by atoms with van der Waals surface area (Å²) in [5.74, 6) is 0.257. The van der Waals surface area contributed by atoms with Crippen molar-refractivity contribution >= 4 is 11.6 Å². The van der Waals surface area contributed by atoms with Gasteiger partial charge in [0.2, 0.25) is 0 Å². The third-order valence-electron chi connectivity index (χ3n) is 3.57. The van der Waals surface area contributed by atoms with Gasteiger partial charge in [-0.3, -0.25) is 9.78 Å². The second-order valence-corrected chi connectivity index (χ2v) is 4.77. The number of benzene rings is 1. The first-order valence-electron chi connectivity index (χ1n) is 6.31. The number of anilines is 1. The Hall–Kier alpha value is -2.36. The molecule has 3 rings (SSSR count). The molecule has 1 aliphatic rings. The predicted octanol–water partition coefficient (Wildman–Crippen LogP) is 1.73. The average molecular weight is 253 g/mol. The molecule has 1 atom stereocenters. The van der Waals surface area contributed by atoms with Gasteiger partial charge in [0.05, 0.1) is 5.56 Å². The summed E-state index contributed by atoms with van der Waals surface area (Å²) in [6.07, 6.45) is 4.10. The number of aromatic nitrogens is 1. The number of nitrogens with two attached hydrogens (primary N) is 1. The standard InChI is InChI=1S/C15H15N3O/c16-14-5-6-17-9-13(14)15(19)18-8-11-7-10-3-1-2-4-12(10)11/h1-6,9,11H,7-8H2,(H2,16,17)(H,18,19). The zero-order chi connectivity index (χ0) is 13.2. The van der Waals surface area contributed by atoms with Crippen LogP contribution in [0.5, 0.6) is 0 Å². The molecular formula is C15H15N3O. The number of carbonyl (C=O) groups is 1. The molecule has 0 saturated heterocycles. The Labute approximate surface area is 111 Å². The van der Waals surface area contributed by atoms with Crippen LogP contribution >= 0.6 is 0 Å². The molecule has 1 unspecified atom stereocenters. The fourth-order valence-corrected chi connectivity index (χ4v) is 2.45. The fourth-order valence-electron chi connectivity index (χ4n) is 2.45. The molecule has 1 aromatic carbocycles. The number of nitrogens with one attached hydrogen (secondary N) is 1. The zero-order valence-corrected chi connectivity index (χ0v) is 10.5. The molecule has 1 aliphatic carbocycles. The lowest BCUT2D eigenvalue weighted by Gasteiger charge is -2.30. The fraction of sp³-hybridized carbons (Fsp3) is 0.200. The van der Waals surface area contributed by atoms with Crippen LogP contribution in [0, 0.1) is 0 Å². The summed E-state index contributed by atoms with van der Waals surface area (Å²) in [6, 6.07) is 9.96. The maximum Gasteiger partial charge on any atom is 0.254 e. The van der Waals surface area contributed by atoms with Crippen molar-refractivity contribution in [2.45, 2.75) is 12.3 Å². The van der Waals surface area contributed by atoms with Crippen LogP contribution in [0.2, 0.25) is 0 Å². The molecule has 96 valence electrons. The predicted molar refractivity (Wildman–Crippen MR) is 73.9 cm³/mol. The monoisotopic (exact) mass is 253 g/mol. The number of hydrogen-bond donors (Lipinski definition) is 2. The lowest BCUT2D eigenvalue weighted by Crippen LogP contribution is -2.33. The first kappa shape index (κ1) is 11.7. The highest BCUT2D eigenvalue weighted by Crippen LogP contribution is 2.34. The number of pyridine rings is 1. The number of fused-ring (bicyclic) bond motifs is 1. The minimum Gasteiger partial charge on any atom is -0.398 e. The number of carbonyl (C=O) groups excluding carboxylic acids is 1. The van der Waals surface area contributed by atoms with Gasteiger partial charge in [0, 0.05) is 30.5 Å². The van der Waals surface area contributed by atoms with Crippen molar-refractivity contribution in [3.8, 4) is 0 Å². The topological polar surface area (TPSA) is 68.0 Å². The number of hydrogen-bond acceptors (Lipinski definition) is 3. The van der Waals surface area contributed by atoms with E-state index in [1.54, 1.807) is 12.3 Å². The third kappa shape index (κ3) is 2.17. The molecule has 0 radical (unpaired) electrons. The molecule has 2 aromatic rings. The summed E-state index contributed by atoms with van der Waals surface area (Å²) >= 11 is 0. The Kier molecular flexibility index (Phi) is 2.91. The molecule has 0 fully saturated rings. The summed E-state index contributed by atoms with van der Waals surface area (Å²) in [5.41, 5.74) is 9.36. The van der Waals surface area contributed by atoms with Gasteiger partial charge in [-0.15, -0.1) is 0 Å². The van der Waals surface area contributed by atoms with Crippen LogP contribution in [-0.4, -0.2) is 17.4 Å². The smallest absolute Gasteiger partial charge is 0.254 e. The molecule has 0 aliphatic heterocycles. The molecular weight excluding hydrogens is 238 g/mol. The zero-order valence-electron chi connectivity index (χ0n) is 10.5. The van der Waals surface area contributed by atoms with Gasteiger partial charge in [0.1, 0.15) is 0 Å². The molecule has 4 heteroatoms. The number of rotatable bonds is 3. The Balaban J connectivity index is 1.63. The van der Waals surface area contributed by atoms with Gasteiger partial charge < -0.3 is 11.1 Å². The highest BCUT2D eigenvalue weighted by atomic mass is 16.1. The van der Waals surface area contributed by atoms with E-state index in [1.165, 1.54) is 17.3 Å². The van der Waals surface area contributed by atoms with Crippen LogP contribution in [0.3, 0.4) is 0 Å². The molecule has 0 bridgehead atoms. The Morgan fingerprint density at radius 3 is 3.00 bits per heavy atom. The third-order valence-corrected chi connectivity index (χ3v) is 3.57. The minimum absolute atomic E-state index is 0.157. The Bertz CT molecular complexity index is 624. The summed E-state index contributed by atoms with van der Waals surface area (Å²) in [7, 11) is 0. The van der Waals surface area contributed by atoms with Crippen LogP contribution < -0.4 is 11.1 Å². The molecule has 1 amide bonds. The van der Waals surface area contributed by atoms with Crippen molar-refractivity contribution in [2.24, 2.45) is 0 Å². The molecule has 3 N–H and O–H groups in total. The van der Waals surface area contributed by atoms with E-state index in [2.05, 4.69) is 22.4 Å². The van der Waals surface area contributed by atoms with Crippen LogP contribution in [-0.2, 0) is 6.42 Å². The summed E-state index contributed by atoms with van der Waals surface area (Å²) < 4.78 is 0. The van der Waals surface area contributed by atoms with Crippen molar-refractivity contribution in [2.75, 3.05) is 12.3 Å². The van der Waals surface area contributed by atoms with Gasteiger partial charge in [-0.25, -0.2) is 0 Å². The lowest BCUT2D eigenvalue weighted by atomic mass is 9.77. The van der Waals surface area contributed by atoms with E-state index in [-0.39, 0.29) is 5.91 Å². The SMILES string of the molecule is Nc1ccncc1C(=O)NCC1Cc2ccccc21. The van der Waals surface area contributed by atoms with Crippen molar-refractivity contribution in [1.29, 1.82) is 0 Å². The Morgan fingerprint density at radius 2 is 2.21 bits per heavy atom. The van der Waals surface area contributed by atoms with Crippen molar-refractivity contribution < 1.29 is 4.79 Å². The number of nitrogens with zero attached hydrogens (tertiary/aromatic N) is 1. The van der Waals surface area contributed by atoms with E-state index in [4.69, 9.17) is 5.73 Å². The number of amides is 1.